The lowest BCUT2D eigenvalue weighted by atomic mass is 10.1. The van der Waals surface area contributed by atoms with E-state index in [1.807, 2.05) is 18.3 Å². The Balaban J connectivity index is 1.33. The highest BCUT2D eigenvalue weighted by atomic mass is 19.1. The summed E-state index contributed by atoms with van der Waals surface area (Å²) in [7, 11) is 1.70. The highest BCUT2D eigenvalue weighted by molar-refractivity contribution is 5.85. The van der Waals surface area contributed by atoms with Crippen LogP contribution in [-0.4, -0.2) is 35.7 Å². The molecule has 0 bridgehead atoms. The number of para-hydroxylation sites is 1. The first kappa shape index (κ1) is 20.2. The van der Waals surface area contributed by atoms with E-state index in [0.29, 0.717) is 32.4 Å². The van der Waals surface area contributed by atoms with Gasteiger partial charge in [-0.2, -0.15) is 0 Å². The first-order valence-corrected chi connectivity index (χ1v) is 10.2. The molecule has 2 heterocycles. The Hall–Kier alpha value is -3.12. The Morgan fingerprint density at radius 3 is 2.87 bits per heavy atom. The van der Waals surface area contributed by atoms with Gasteiger partial charge in [0.1, 0.15) is 5.82 Å². The zero-order valence-corrected chi connectivity index (χ0v) is 17.1. The van der Waals surface area contributed by atoms with Crippen molar-refractivity contribution in [3.05, 3.63) is 71.8 Å². The van der Waals surface area contributed by atoms with Crippen LogP contribution >= 0.6 is 0 Å². The van der Waals surface area contributed by atoms with E-state index in [0.717, 1.165) is 28.5 Å². The number of aromatic nitrogens is 2. The van der Waals surface area contributed by atoms with Crippen molar-refractivity contribution in [2.45, 2.75) is 25.8 Å². The third-order valence-corrected chi connectivity index (χ3v) is 5.47. The molecule has 0 saturated carbocycles. The van der Waals surface area contributed by atoms with E-state index in [4.69, 9.17) is 4.74 Å². The van der Waals surface area contributed by atoms with Gasteiger partial charge in [-0.15, -0.1) is 0 Å². The standard InChI is InChI=1S/C24H26FN3O2/c1-30-13-12-28-16-18(20-4-2-3-5-23(20)28)6-9-24(29)26-11-10-17-15-27-22-8-7-19(25)14-21(17)22/h2-5,7-8,14-16,27H,6,9-13H2,1H3,(H,26,29). The molecule has 0 fully saturated rings. The molecule has 0 atom stereocenters. The van der Waals surface area contributed by atoms with E-state index in [1.54, 1.807) is 13.2 Å². The van der Waals surface area contributed by atoms with Crippen molar-refractivity contribution >= 4 is 27.7 Å². The molecule has 0 radical (unpaired) electrons. The molecule has 6 heteroatoms. The Morgan fingerprint density at radius 1 is 1.13 bits per heavy atom. The molecule has 30 heavy (non-hydrogen) atoms. The minimum absolute atomic E-state index is 0.0229. The van der Waals surface area contributed by atoms with Gasteiger partial charge >= 0.3 is 0 Å². The molecule has 2 N–H and O–H groups in total. The summed E-state index contributed by atoms with van der Waals surface area (Å²) in [4.78, 5) is 15.5. The van der Waals surface area contributed by atoms with Crippen LogP contribution in [0.15, 0.2) is 54.9 Å². The van der Waals surface area contributed by atoms with Gasteiger partial charge in [-0.3, -0.25) is 4.79 Å². The fourth-order valence-corrected chi connectivity index (χ4v) is 3.93. The molecule has 0 aliphatic rings. The van der Waals surface area contributed by atoms with E-state index >= 15 is 0 Å². The molecule has 1 amide bonds. The summed E-state index contributed by atoms with van der Waals surface area (Å²) >= 11 is 0. The van der Waals surface area contributed by atoms with Gasteiger partial charge in [-0.1, -0.05) is 18.2 Å². The number of fused-ring (bicyclic) bond motifs is 2. The Kier molecular flexibility index (Phi) is 6.14. The monoisotopic (exact) mass is 407 g/mol. The second-order valence-corrected chi connectivity index (χ2v) is 7.46. The number of halogens is 1. The summed E-state index contributed by atoms with van der Waals surface area (Å²) in [5.41, 5.74) is 4.24. The number of carbonyl (C=O) groups excluding carboxylic acids is 1. The Labute approximate surface area is 174 Å². The first-order chi connectivity index (χ1) is 14.7. The summed E-state index contributed by atoms with van der Waals surface area (Å²) < 4.78 is 20.9. The minimum atomic E-state index is -0.253. The fraction of sp³-hybridized carbons (Fsp3) is 0.292. The van der Waals surface area contributed by atoms with Crippen molar-refractivity contribution < 1.29 is 13.9 Å². The molecule has 0 aliphatic heterocycles. The lowest BCUT2D eigenvalue weighted by Gasteiger charge is -2.05. The largest absolute Gasteiger partial charge is 0.383 e. The second kappa shape index (κ2) is 9.13. The number of benzene rings is 2. The zero-order valence-electron chi connectivity index (χ0n) is 17.1. The predicted octanol–water partition coefficient (Wildman–Crippen LogP) is 4.20. The van der Waals surface area contributed by atoms with Crippen LogP contribution in [0.25, 0.3) is 21.8 Å². The summed E-state index contributed by atoms with van der Waals surface area (Å²) in [6.45, 7) is 1.96. The maximum atomic E-state index is 13.5. The normalized spacial score (nSPS) is 11.4. The van der Waals surface area contributed by atoms with Gasteiger partial charge in [-0.25, -0.2) is 4.39 Å². The van der Waals surface area contributed by atoms with Gasteiger partial charge in [0, 0.05) is 60.8 Å². The molecule has 0 saturated heterocycles. The van der Waals surface area contributed by atoms with Crippen LogP contribution in [-0.2, 0) is 28.9 Å². The molecular weight excluding hydrogens is 381 g/mol. The van der Waals surface area contributed by atoms with Crippen LogP contribution in [0.5, 0.6) is 0 Å². The summed E-state index contributed by atoms with van der Waals surface area (Å²) in [6.07, 6.45) is 5.78. The molecule has 0 aliphatic carbocycles. The number of aromatic amines is 1. The van der Waals surface area contributed by atoms with E-state index in [9.17, 15) is 9.18 Å². The number of hydrogen-bond donors (Lipinski definition) is 2. The third-order valence-electron chi connectivity index (χ3n) is 5.47. The quantitative estimate of drug-likeness (QED) is 0.437. The molecule has 156 valence electrons. The maximum Gasteiger partial charge on any atom is 0.220 e. The Morgan fingerprint density at radius 2 is 2.00 bits per heavy atom. The molecular formula is C24H26FN3O2. The number of aryl methyl sites for hydroxylation is 1. The van der Waals surface area contributed by atoms with Crippen molar-refractivity contribution in [2.75, 3.05) is 20.3 Å². The number of nitrogens with zero attached hydrogens (tertiary/aromatic N) is 1. The van der Waals surface area contributed by atoms with Crippen molar-refractivity contribution in [3.8, 4) is 0 Å². The molecule has 4 rings (SSSR count). The van der Waals surface area contributed by atoms with Crippen molar-refractivity contribution in [1.82, 2.24) is 14.9 Å². The third kappa shape index (κ3) is 4.39. The van der Waals surface area contributed by atoms with Crippen LogP contribution in [0.2, 0.25) is 0 Å². The molecule has 4 aromatic rings. The van der Waals surface area contributed by atoms with Crippen LogP contribution in [0.1, 0.15) is 17.5 Å². The molecule has 2 aromatic heterocycles. The van der Waals surface area contributed by atoms with Gasteiger partial charge in [0.15, 0.2) is 0 Å². The van der Waals surface area contributed by atoms with Gasteiger partial charge in [0.05, 0.1) is 6.61 Å². The van der Waals surface area contributed by atoms with Gasteiger partial charge in [-0.05, 0) is 48.2 Å². The van der Waals surface area contributed by atoms with E-state index in [-0.39, 0.29) is 11.7 Å². The van der Waals surface area contributed by atoms with Crippen molar-refractivity contribution in [1.29, 1.82) is 0 Å². The smallest absolute Gasteiger partial charge is 0.220 e. The average Bonchev–Trinajstić information content (AvgIpc) is 3.32. The molecule has 0 unspecified atom stereocenters. The zero-order chi connectivity index (χ0) is 20.9. The second-order valence-electron chi connectivity index (χ2n) is 7.46. The fourth-order valence-electron chi connectivity index (χ4n) is 3.93. The lowest BCUT2D eigenvalue weighted by molar-refractivity contribution is -0.121. The summed E-state index contributed by atoms with van der Waals surface area (Å²) in [5.74, 6) is -0.230. The van der Waals surface area contributed by atoms with E-state index < -0.39 is 0 Å². The van der Waals surface area contributed by atoms with Crippen molar-refractivity contribution in [3.63, 3.8) is 0 Å². The number of methoxy groups -OCH3 is 1. The predicted molar refractivity (Wildman–Crippen MR) is 117 cm³/mol. The molecule has 0 spiro atoms. The van der Waals surface area contributed by atoms with Gasteiger partial charge in [0.25, 0.3) is 0 Å². The molecule has 2 aromatic carbocycles. The van der Waals surface area contributed by atoms with Crippen LogP contribution in [0.3, 0.4) is 0 Å². The number of H-pyrrole nitrogens is 1. The summed E-state index contributed by atoms with van der Waals surface area (Å²) in [5, 5.41) is 5.04. The Bertz CT molecular complexity index is 1160. The first-order valence-electron chi connectivity index (χ1n) is 10.2. The van der Waals surface area contributed by atoms with E-state index in [1.165, 1.54) is 23.1 Å². The molecule has 5 nitrogen and oxygen atoms in total. The van der Waals surface area contributed by atoms with Crippen LogP contribution in [0, 0.1) is 5.82 Å². The van der Waals surface area contributed by atoms with Crippen LogP contribution < -0.4 is 5.32 Å². The summed E-state index contributed by atoms with van der Waals surface area (Å²) in [6, 6.07) is 12.9. The number of ether oxygens (including phenoxy) is 1. The minimum Gasteiger partial charge on any atom is -0.383 e. The van der Waals surface area contributed by atoms with Gasteiger partial charge in [0.2, 0.25) is 5.91 Å². The lowest BCUT2D eigenvalue weighted by Crippen LogP contribution is -2.25. The van der Waals surface area contributed by atoms with E-state index in [2.05, 4.69) is 33.2 Å². The number of hydrogen-bond acceptors (Lipinski definition) is 2. The highest BCUT2D eigenvalue weighted by Gasteiger charge is 2.11. The number of nitrogens with one attached hydrogen (secondary N) is 2. The maximum absolute atomic E-state index is 13.5. The number of carbonyl (C=O) groups is 1. The van der Waals surface area contributed by atoms with Crippen molar-refractivity contribution in [2.24, 2.45) is 0 Å². The SMILES string of the molecule is COCCn1cc(CCC(=O)NCCc2c[nH]c3ccc(F)cc23)c2ccccc21. The highest BCUT2D eigenvalue weighted by Crippen LogP contribution is 2.23. The van der Waals surface area contributed by atoms with Crippen LogP contribution in [0.4, 0.5) is 4.39 Å². The van der Waals surface area contributed by atoms with Gasteiger partial charge < -0.3 is 19.6 Å². The number of amides is 1. The topological polar surface area (TPSA) is 59.0 Å². The number of rotatable bonds is 9. The average molecular weight is 407 g/mol.